The van der Waals surface area contributed by atoms with Crippen molar-refractivity contribution >= 4 is 0 Å². The molecule has 0 aromatic carbocycles. The maximum atomic E-state index is 9.16. The Hall–Kier alpha value is -0.830. The minimum absolute atomic E-state index is 0.0203. The number of aliphatic hydroxyl groups is 1. The summed E-state index contributed by atoms with van der Waals surface area (Å²) in [5, 5.41) is 9.16. The number of aromatic amines is 1. The molecule has 2 rings (SSSR count). The van der Waals surface area contributed by atoms with Gasteiger partial charge in [0.15, 0.2) is 0 Å². The van der Waals surface area contributed by atoms with Crippen LogP contribution < -0.4 is 0 Å². The molecule has 1 fully saturated rings. The number of aromatic nitrogens is 2. The third kappa shape index (κ3) is 2.29. The maximum Gasteiger partial charge on any atom is 0.132 e. The Bertz CT molecular complexity index is 338. The molecule has 0 spiro atoms. The molecule has 0 saturated heterocycles. The molecule has 1 saturated carbocycles. The fraction of sp³-hybridized carbons (Fsp3) is 0.769. The summed E-state index contributed by atoms with van der Waals surface area (Å²) >= 11 is 0. The van der Waals surface area contributed by atoms with Gasteiger partial charge in [-0.25, -0.2) is 4.98 Å². The predicted molar refractivity (Wildman–Crippen MR) is 64.4 cm³/mol. The molecule has 1 aliphatic rings. The quantitative estimate of drug-likeness (QED) is 0.825. The van der Waals surface area contributed by atoms with Gasteiger partial charge in [0, 0.05) is 11.6 Å². The van der Waals surface area contributed by atoms with E-state index in [0.717, 1.165) is 11.5 Å². The Balaban J connectivity index is 2.26. The third-order valence-electron chi connectivity index (χ3n) is 3.52. The fourth-order valence-corrected chi connectivity index (χ4v) is 2.67. The molecule has 1 aromatic heterocycles. The lowest BCUT2D eigenvalue weighted by Gasteiger charge is -2.22. The zero-order chi connectivity index (χ0) is 11.5. The van der Waals surface area contributed by atoms with E-state index in [4.69, 9.17) is 5.11 Å². The highest BCUT2D eigenvalue weighted by Gasteiger charge is 2.22. The molecule has 3 heteroatoms. The van der Waals surface area contributed by atoms with E-state index < -0.39 is 0 Å². The van der Waals surface area contributed by atoms with E-state index in [2.05, 4.69) is 23.8 Å². The second-order valence-electron chi connectivity index (χ2n) is 5.13. The molecule has 1 aromatic rings. The molecule has 2 N–H and O–H groups in total. The molecule has 0 bridgehead atoms. The number of hydrogen-bond donors (Lipinski definition) is 2. The van der Waals surface area contributed by atoms with Gasteiger partial charge in [-0.3, -0.25) is 0 Å². The van der Waals surface area contributed by atoms with Gasteiger partial charge in [0.25, 0.3) is 0 Å². The topological polar surface area (TPSA) is 48.9 Å². The molecule has 0 unspecified atom stereocenters. The normalized spacial score (nSPS) is 18.2. The van der Waals surface area contributed by atoms with E-state index in [-0.39, 0.29) is 6.61 Å². The van der Waals surface area contributed by atoms with Gasteiger partial charge < -0.3 is 10.1 Å². The Morgan fingerprint density at radius 1 is 1.31 bits per heavy atom. The number of hydrogen-bond acceptors (Lipinski definition) is 2. The van der Waals surface area contributed by atoms with Gasteiger partial charge in [-0.2, -0.15) is 0 Å². The minimum atomic E-state index is 0.0203. The Morgan fingerprint density at radius 3 is 2.56 bits per heavy atom. The summed E-state index contributed by atoms with van der Waals surface area (Å²) in [5.41, 5.74) is 2.45. The van der Waals surface area contributed by atoms with Gasteiger partial charge in [-0.1, -0.05) is 33.1 Å². The average molecular weight is 222 g/mol. The summed E-state index contributed by atoms with van der Waals surface area (Å²) in [7, 11) is 0. The molecule has 90 valence electrons. The van der Waals surface area contributed by atoms with Crippen molar-refractivity contribution in [1.29, 1.82) is 0 Å². The molecule has 3 nitrogen and oxygen atoms in total. The van der Waals surface area contributed by atoms with Crippen molar-refractivity contribution in [3.63, 3.8) is 0 Å². The molecule has 1 heterocycles. The summed E-state index contributed by atoms with van der Waals surface area (Å²) < 4.78 is 0. The highest BCUT2D eigenvalue weighted by Crippen LogP contribution is 2.35. The van der Waals surface area contributed by atoms with Gasteiger partial charge >= 0.3 is 0 Å². The lowest BCUT2D eigenvalue weighted by molar-refractivity contribution is 0.272. The van der Waals surface area contributed by atoms with Crippen LogP contribution in [0.25, 0.3) is 0 Å². The number of rotatable bonds is 3. The lowest BCUT2D eigenvalue weighted by Crippen LogP contribution is -2.08. The predicted octanol–water partition coefficient (Wildman–Crippen LogP) is 3.07. The molecule has 0 aliphatic heterocycles. The van der Waals surface area contributed by atoms with Crippen molar-refractivity contribution in [2.45, 2.75) is 64.4 Å². The zero-order valence-corrected chi connectivity index (χ0v) is 10.3. The number of nitrogens with zero attached hydrogens (tertiary/aromatic N) is 1. The van der Waals surface area contributed by atoms with Gasteiger partial charge in [-0.15, -0.1) is 0 Å². The van der Waals surface area contributed by atoms with Crippen LogP contribution in [0.4, 0.5) is 0 Å². The summed E-state index contributed by atoms with van der Waals surface area (Å²) in [5.74, 6) is 1.80. The fourth-order valence-electron chi connectivity index (χ4n) is 2.67. The standard InChI is InChI=1S/C13H22N2O/c1-9(2)12-13(15-11(8-16)14-12)10-6-4-3-5-7-10/h9-10,16H,3-8H2,1-2H3,(H,14,15). The third-order valence-corrected chi connectivity index (χ3v) is 3.52. The molecule has 0 radical (unpaired) electrons. The summed E-state index contributed by atoms with van der Waals surface area (Å²) in [4.78, 5) is 7.82. The van der Waals surface area contributed by atoms with E-state index in [1.807, 2.05) is 0 Å². The van der Waals surface area contributed by atoms with Crippen molar-refractivity contribution in [1.82, 2.24) is 9.97 Å². The van der Waals surface area contributed by atoms with Gasteiger partial charge in [0.05, 0.1) is 5.69 Å². The van der Waals surface area contributed by atoms with E-state index in [9.17, 15) is 0 Å². The number of H-pyrrole nitrogens is 1. The van der Waals surface area contributed by atoms with Crippen LogP contribution in [0.15, 0.2) is 0 Å². The highest BCUT2D eigenvalue weighted by atomic mass is 16.3. The van der Waals surface area contributed by atoms with E-state index >= 15 is 0 Å². The van der Waals surface area contributed by atoms with Crippen molar-refractivity contribution in [2.75, 3.05) is 0 Å². The number of nitrogens with one attached hydrogen (secondary N) is 1. The summed E-state index contributed by atoms with van der Waals surface area (Å²) in [6.07, 6.45) is 6.57. The van der Waals surface area contributed by atoms with Crippen LogP contribution in [0, 0.1) is 0 Å². The van der Waals surface area contributed by atoms with E-state index in [1.54, 1.807) is 0 Å². The van der Waals surface area contributed by atoms with Crippen LogP contribution in [0.5, 0.6) is 0 Å². The van der Waals surface area contributed by atoms with Crippen molar-refractivity contribution in [3.8, 4) is 0 Å². The van der Waals surface area contributed by atoms with Crippen LogP contribution >= 0.6 is 0 Å². The molecule has 0 atom stereocenters. The highest BCUT2D eigenvalue weighted by molar-refractivity contribution is 5.22. The molecular weight excluding hydrogens is 200 g/mol. The van der Waals surface area contributed by atoms with E-state index in [1.165, 1.54) is 37.8 Å². The first-order valence-electron chi connectivity index (χ1n) is 6.42. The van der Waals surface area contributed by atoms with Gasteiger partial charge in [-0.05, 0) is 18.8 Å². The molecule has 1 aliphatic carbocycles. The van der Waals surface area contributed by atoms with Gasteiger partial charge in [0.1, 0.15) is 12.4 Å². The first-order valence-corrected chi connectivity index (χ1v) is 6.42. The Kier molecular flexibility index (Phi) is 3.64. The van der Waals surface area contributed by atoms with Crippen LogP contribution in [0.3, 0.4) is 0 Å². The Labute approximate surface area is 97.3 Å². The Morgan fingerprint density at radius 2 is 2.00 bits per heavy atom. The lowest BCUT2D eigenvalue weighted by atomic mass is 9.85. The van der Waals surface area contributed by atoms with Crippen molar-refractivity contribution in [2.24, 2.45) is 0 Å². The first-order chi connectivity index (χ1) is 7.72. The van der Waals surface area contributed by atoms with Crippen LogP contribution in [-0.4, -0.2) is 15.1 Å². The second-order valence-corrected chi connectivity index (χ2v) is 5.13. The summed E-state index contributed by atoms with van der Waals surface area (Å²) in [6.45, 7) is 4.36. The first kappa shape index (κ1) is 11.6. The number of aliphatic hydroxyl groups excluding tert-OH is 1. The van der Waals surface area contributed by atoms with Gasteiger partial charge in [0.2, 0.25) is 0 Å². The van der Waals surface area contributed by atoms with E-state index in [0.29, 0.717) is 11.8 Å². The van der Waals surface area contributed by atoms with Crippen LogP contribution in [0.1, 0.15) is 75.0 Å². The minimum Gasteiger partial charge on any atom is -0.388 e. The molecule has 0 amide bonds. The monoisotopic (exact) mass is 222 g/mol. The van der Waals surface area contributed by atoms with Crippen LogP contribution in [-0.2, 0) is 6.61 Å². The molecular formula is C13H22N2O. The summed E-state index contributed by atoms with van der Waals surface area (Å²) in [6, 6.07) is 0. The molecule has 16 heavy (non-hydrogen) atoms. The van der Waals surface area contributed by atoms with Crippen molar-refractivity contribution < 1.29 is 5.11 Å². The second kappa shape index (κ2) is 5.00. The smallest absolute Gasteiger partial charge is 0.132 e. The number of imidazole rings is 1. The SMILES string of the molecule is CC(C)c1nc(CO)[nH]c1C1CCCCC1. The van der Waals surface area contributed by atoms with Crippen molar-refractivity contribution in [3.05, 3.63) is 17.2 Å². The zero-order valence-electron chi connectivity index (χ0n) is 10.3. The maximum absolute atomic E-state index is 9.16. The van der Waals surface area contributed by atoms with Crippen LogP contribution in [0.2, 0.25) is 0 Å². The largest absolute Gasteiger partial charge is 0.388 e. The average Bonchev–Trinajstić information content (AvgIpc) is 2.74.